The van der Waals surface area contributed by atoms with Crippen molar-refractivity contribution in [3.63, 3.8) is 0 Å². The molecule has 0 aliphatic carbocycles. The second-order valence-corrected chi connectivity index (χ2v) is 3.40. The highest BCUT2D eigenvalue weighted by molar-refractivity contribution is 6.33. The number of imidazole rings is 1. The number of nitrogens with one attached hydrogen (secondary N) is 1. The first-order valence-corrected chi connectivity index (χ1v) is 4.65. The number of hydrogen-bond acceptors (Lipinski definition) is 2. The highest BCUT2D eigenvalue weighted by Crippen LogP contribution is 2.22. The van der Waals surface area contributed by atoms with Gasteiger partial charge in [-0.15, -0.1) is 12.4 Å². The van der Waals surface area contributed by atoms with Crippen molar-refractivity contribution in [2.45, 2.75) is 0 Å². The zero-order valence-corrected chi connectivity index (χ0v) is 9.68. The molecule has 0 atom stereocenters. The SMILES string of the molecule is Cl.NC(=O)c1cc(-c2ncc[nH]2)ccc1Cl. The first-order valence-electron chi connectivity index (χ1n) is 4.27. The van der Waals surface area contributed by atoms with Gasteiger partial charge in [-0.25, -0.2) is 4.98 Å². The quantitative estimate of drug-likeness (QED) is 0.867. The molecule has 1 aromatic carbocycles. The van der Waals surface area contributed by atoms with Crippen LogP contribution < -0.4 is 5.73 Å². The van der Waals surface area contributed by atoms with E-state index in [9.17, 15) is 4.79 Å². The van der Waals surface area contributed by atoms with Gasteiger partial charge in [0.15, 0.2) is 0 Å². The van der Waals surface area contributed by atoms with Gasteiger partial charge in [-0.1, -0.05) is 11.6 Å². The lowest BCUT2D eigenvalue weighted by molar-refractivity contribution is 0.100. The Balaban J connectivity index is 0.00000128. The molecular formula is C10H9Cl2N3O. The molecule has 0 saturated heterocycles. The normalized spacial score (nSPS) is 9.56. The molecule has 0 saturated carbocycles. The Bertz CT molecular complexity index is 497. The third kappa shape index (κ3) is 2.35. The van der Waals surface area contributed by atoms with Crippen molar-refractivity contribution in [2.75, 3.05) is 0 Å². The smallest absolute Gasteiger partial charge is 0.250 e. The maximum Gasteiger partial charge on any atom is 0.250 e. The number of benzene rings is 1. The van der Waals surface area contributed by atoms with Gasteiger partial charge in [0.2, 0.25) is 5.91 Å². The molecule has 2 rings (SSSR count). The predicted octanol–water partition coefficient (Wildman–Crippen LogP) is 2.25. The summed E-state index contributed by atoms with van der Waals surface area (Å²) >= 11 is 5.82. The summed E-state index contributed by atoms with van der Waals surface area (Å²) in [5.74, 6) is 0.127. The Morgan fingerprint density at radius 1 is 1.44 bits per heavy atom. The van der Waals surface area contributed by atoms with Crippen LogP contribution in [0.3, 0.4) is 0 Å². The number of carbonyl (C=O) groups excluding carboxylic acids is 1. The fraction of sp³-hybridized carbons (Fsp3) is 0. The fourth-order valence-corrected chi connectivity index (χ4v) is 1.50. The van der Waals surface area contributed by atoms with Crippen LogP contribution in [0.1, 0.15) is 10.4 Å². The molecule has 3 N–H and O–H groups in total. The second kappa shape index (κ2) is 5.01. The summed E-state index contributed by atoms with van der Waals surface area (Å²) in [6.07, 6.45) is 3.34. The molecule has 1 aromatic heterocycles. The number of rotatable bonds is 2. The molecule has 16 heavy (non-hydrogen) atoms. The summed E-state index contributed by atoms with van der Waals surface area (Å²) in [4.78, 5) is 18.0. The summed E-state index contributed by atoms with van der Waals surface area (Å²) in [5.41, 5.74) is 6.26. The van der Waals surface area contributed by atoms with E-state index < -0.39 is 5.91 Å². The molecular weight excluding hydrogens is 249 g/mol. The number of nitrogens with two attached hydrogens (primary N) is 1. The molecule has 6 heteroatoms. The van der Waals surface area contributed by atoms with Gasteiger partial charge in [0.05, 0.1) is 10.6 Å². The van der Waals surface area contributed by atoms with Crippen molar-refractivity contribution in [3.8, 4) is 11.4 Å². The third-order valence-corrected chi connectivity index (χ3v) is 2.33. The molecule has 0 aliphatic heterocycles. The van der Waals surface area contributed by atoms with Gasteiger partial charge in [-0.05, 0) is 18.2 Å². The Morgan fingerprint density at radius 3 is 2.75 bits per heavy atom. The largest absolute Gasteiger partial charge is 0.366 e. The molecule has 0 bridgehead atoms. The van der Waals surface area contributed by atoms with Crippen LogP contribution in [-0.2, 0) is 0 Å². The van der Waals surface area contributed by atoms with Gasteiger partial charge in [-0.3, -0.25) is 4.79 Å². The van der Waals surface area contributed by atoms with Gasteiger partial charge in [0, 0.05) is 18.0 Å². The average molecular weight is 258 g/mol. The van der Waals surface area contributed by atoms with E-state index in [0.717, 1.165) is 5.56 Å². The van der Waals surface area contributed by atoms with Gasteiger partial charge < -0.3 is 10.7 Å². The fourth-order valence-electron chi connectivity index (χ4n) is 1.28. The first kappa shape index (κ1) is 12.5. The topological polar surface area (TPSA) is 71.8 Å². The number of hydrogen-bond donors (Lipinski definition) is 2. The highest BCUT2D eigenvalue weighted by atomic mass is 35.5. The number of nitrogens with zero attached hydrogens (tertiary/aromatic N) is 1. The summed E-state index contributed by atoms with van der Waals surface area (Å²) in [5, 5.41) is 0.345. The van der Waals surface area contributed by atoms with E-state index in [-0.39, 0.29) is 12.4 Å². The minimum atomic E-state index is -0.548. The van der Waals surface area contributed by atoms with E-state index in [0.29, 0.717) is 16.4 Å². The van der Waals surface area contributed by atoms with E-state index in [1.54, 1.807) is 30.6 Å². The molecule has 1 amide bonds. The molecule has 0 spiro atoms. The van der Waals surface area contributed by atoms with Crippen molar-refractivity contribution in [1.29, 1.82) is 0 Å². The number of aromatic amines is 1. The van der Waals surface area contributed by atoms with Gasteiger partial charge >= 0.3 is 0 Å². The lowest BCUT2D eigenvalue weighted by atomic mass is 10.1. The Labute approximate surface area is 103 Å². The summed E-state index contributed by atoms with van der Waals surface area (Å²) < 4.78 is 0. The minimum absolute atomic E-state index is 0. The Kier molecular flexibility index (Phi) is 3.93. The van der Waals surface area contributed by atoms with Crippen molar-refractivity contribution in [3.05, 3.63) is 41.2 Å². The molecule has 4 nitrogen and oxygen atoms in total. The standard InChI is InChI=1S/C10H8ClN3O.ClH/c11-8-2-1-6(5-7(8)9(12)15)10-13-3-4-14-10;/h1-5H,(H2,12,15)(H,13,14);1H. The van der Waals surface area contributed by atoms with E-state index >= 15 is 0 Å². The van der Waals surface area contributed by atoms with Crippen molar-refractivity contribution in [1.82, 2.24) is 9.97 Å². The zero-order chi connectivity index (χ0) is 10.8. The van der Waals surface area contributed by atoms with Gasteiger partial charge in [0.1, 0.15) is 5.82 Å². The number of carbonyl (C=O) groups is 1. The molecule has 0 unspecified atom stereocenters. The molecule has 0 aliphatic rings. The third-order valence-electron chi connectivity index (χ3n) is 2.00. The summed E-state index contributed by atoms with van der Waals surface area (Å²) in [6, 6.07) is 5.01. The number of aromatic nitrogens is 2. The van der Waals surface area contributed by atoms with E-state index in [2.05, 4.69) is 9.97 Å². The van der Waals surface area contributed by atoms with Crippen molar-refractivity contribution in [2.24, 2.45) is 5.73 Å². The van der Waals surface area contributed by atoms with Crippen LogP contribution in [0.15, 0.2) is 30.6 Å². The lowest BCUT2D eigenvalue weighted by Gasteiger charge is -2.02. The van der Waals surface area contributed by atoms with E-state index in [1.165, 1.54) is 0 Å². The number of halogens is 2. The number of amides is 1. The minimum Gasteiger partial charge on any atom is -0.366 e. The molecule has 2 aromatic rings. The van der Waals surface area contributed by atoms with Crippen LogP contribution in [0.5, 0.6) is 0 Å². The average Bonchev–Trinajstić information content (AvgIpc) is 2.71. The second-order valence-electron chi connectivity index (χ2n) is 3.00. The van der Waals surface area contributed by atoms with E-state index in [1.807, 2.05) is 0 Å². The summed E-state index contributed by atoms with van der Waals surface area (Å²) in [7, 11) is 0. The zero-order valence-electron chi connectivity index (χ0n) is 8.11. The van der Waals surface area contributed by atoms with Crippen LogP contribution in [0, 0.1) is 0 Å². The predicted molar refractivity (Wildman–Crippen MR) is 64.8 cm³/mol. The highest BCUT2D eigenvalue weighted by Gasteiger charge is 2.09. The van der Waals surface area contributed by atoms with Crippen LogP contribution in [0.25, 0.3) is 11.4 Å². The Morgan fingerprint density at radius 2 is 2.19 bits per heavy atom. The number of primary amides is 1. The monoisotopic (exact) mass is 257 g/mol. The molecule has 1 heterocycles. The molecule has 0 fully saturated rings. The lowest BCUT2D eigenvalue weighted by Crippen LogP contribution is -2.11. The van der Waals surface area contributed by atoms with E-state index in [4.69, 9.17) is 17.3 Å². The molecule has 0 radical (unpaired) electrons. The maximum atomic E-state index is 11.1. The van der Waals surface area contributed by atoms with Crippen LogP contribution >= 0.6 is 24.0 Å². The summed E-state index contributed by atoms with van der Waals surface area (Å²) in [6.45, 7) is 0. The number of H-pyrrole nitrogens is 1. The van der Waals surface area contributed by atoms with Crippen molar-refractivity contribution < 1.29 is 4.79 Å². The van der Waals surface area contributed by atoms with Gasteiger partial charge in [0.25, 0.3) is 0 Å². The first-order chi connectivity index (χ1) is 7.18. The molecule has 84 valence electrons. The van der Waals surface area contributed by atoms with Gasteiger partial charge in [-0.2, -0.15) is 0 Å². The van der Waals surface area contributed by atoms with Crippen LogP contribution in [0.2, 0.25) is 5.02 Å². The Hall–Kier alpha value is -1.52. The van der Waals surface area contributed by atoms with Crippen molar-refractivity contribution >= 4 is 29.9 Å². The van der Waals surface area contributed by atoms with Crippen LogP contribution in [-0.4, -0.2) is 15.9 Å². The van der Waals surface area contributed by atoms with Crippen LogP contribution in [0.4, 0.5) is 0 Å². The maximum absolute atomic E-state index is 11.1.